The average molecular weight is 223 g/mol. The van der Waals surface area contributed by atoms with Crippen LogP contribution in [0, 0.1) is 5.82 Å². The fraction of sp³-hybridized carbons (Fsp3) is 0.538. The molecule has 1 aromatic rings. The summed E-state index contributed by atoms with van der Waals surface area (Å²) in [6.45, 7) is 4.00. The highest BCUT2D eigenvalue weighted by Crippen LogP contribution is 2.55. The molecular formula is C13H18FNO. The third-order valence-electron chi connectivity index (χ3n) is 3.69. The van der Waals surface area contributed by atoms with Gasteiger partial charge in [0.15, 0.2) is 11.6 Å². The highest BCUT2D eigenvalue weighted by atomic mass is 19.1. The Bertz CT molecular complexity index is 405. The second-order valence-corrected chi connectivity index (χ2v) is 5.15. The summed E-state index contributed by atoms with van der Waals surface area (Å²) in [6, 6.07) is 5.15. The van der Waals surface area contributed by atoms with Crippen molar-refractivity contribution in [3.05, 3.63) is 29.6 Å². The van der Waals surface area contributed by atoms with Gasteiger partial charge in [-0.05, 0) is 44.4 Å². The molecule has 0 amide bonds. The molecule has 3 heteroatoms. The third kappa shape index (κ3) is 1.59. The molecule has 1 fully saturated rings. The minimum atomic E-state index is -0.311. The van der Waals surface area contributed by atoms with Crippen molar-refractivity contribution in [3.63, 3.8) is 0 Å². The van der Waals surface area contributed by atoms with E-state index in [1.807, 2.05) is 19.9 Å². The molecule has 0 aliphatic heterocycles. The molecule has 2 N–H and O–H groups in total. The molecule has 2 rings (SSSR count). The molecule has 0 bridgehead atoms. The minimum Gasteiger partial charge on any atom is -0.494 e. The van der Waals surface area contributed by atoms with Crippen LogP contribution in [0.3, 0.4) is 0 Å². The number of hydrogen-bond donors (Lipinski definition) is 1. The molecule has 0 radical (unpaired) electrons. The standard InChI is InChI=1S/C13H18FNO/c1-12(2,15)13(6-7-13)9-4-5-11(16-3)10(14)8-9/h4-5,8H,6-7,15H2,1-3H3. The Morgan fingerprint density at radius 1 is 1.38 bits per heavy atom. The van der Waals surface area contributed by atoms with E-state index >= 15 is 0 Å². The van der Waals surface area contributed by atoms with Crippen LogP contribution in [0.1, 0.15) is 32.3 Å². The number of methoxy groups -OCH3 is 1. The van der Waals surface area contributed by atoms with Gasteiger partial charge in [0.05, 0.1) is 7.11 Å². The molecule has 0 aromatic heterocycles. The van der Waals surface area contributed by atoms with E-state index in [9.17, 15) is 4.39 Å². The fourth-order valence-electron chi connectivity index (χ4n) is 2.39. The SMILES string of the molecule is COc1ccc(C2(C(C)(C)N)CC2)cc1F. The van der Waals surface area contributed by atoms with Gasteiger partial charge in [-0.25, -0.2) is 4.39 Å². The van der Waals surface area contributed by atoms with Crippen LogP contribution in [0.25, 0.3) is 0 Å². The van der Waals surface area contributed by atoms with Crippen LogP contribution in [-0.2, 0) is 5.41 Å². The molecule has 0 atom stereocenters. The van der Waals surface area contributed by atoms with Crippen LogP contribution >= 0.6 is 0 Å². The lowest BCUT2D eigenvalue weighted by molar-refractivity contribution is 0.376. The summed E-state index contributed by atoms with van der Waals surface area (Å²) in [7, 11) is 1.47. The summed E-state index contributed by atoms with van der Waals surface area (Å²) < 4.78 is 18.5. The monoisotopic (exact) mass is 223 g/mol. The first-order chi connectivity index (χ1) is 7.40. The number of halogens is 1. The number of benzene rings is 1. The van der Waals surface area contributed by atoms with Gasteiger partial charge in [0, 0.05) is 11.0 Å². The zero-order valence-electron chi connectivity index (χ0n) is 10.0. The molecule has 16 heavy (non-hydrogen) atoms. The van der Waals surface area contributed by atoms with Crippen molar-refractivity contribution in [2.75, 3.05) is 7.11 Å². The molecule has 2 nitrogen and oxygen atoms in total. The topological polar surface area (TPSA) is 35.2 Å². The highest BCUT2D eigenvalue weighted by Gasteiger charge is 2.53. The lowest BCUT2D eigenvalue weighted by Gasteiger charge is -2.31. The molecule has 0 unspecified atom stereocenters. The molecule has 1 aromatic carbocycles. The molecule has 88 valence electrons. The van der Waals surface area contributed by atoms with Crippen LogP contribution in [0.5, 0.6) is 5.75 Å². The van der Waals surface area contributed by atoms with Gasteiger partial charge < -0.3 is 10.5 Å². The van der Waals surface area contributed by atoms with Crippen LogP contribution in [0.15, 0.2) is 18.2 Å². The van der Waals surface area contributed by atoms with E-state index in [0.717, 1.165) is 18.4 Å². The Hall–Kier alpha value is -1.09. The zero-order chi connectivity index (χ0) is 12.0. The Balaban J connectivity index is 2.39. The maximum atomic E-state index is 13.6. The van der Waals surface area contributed by atoms with Crippen molar-refractivity contribution < 1.29 is 9.13 Å². The first-order valence-electron chi connectivity index (χ1n) is 5.54. The summed E-state index contributed by atoms with van der Waals surface area (Å²) in [5.74, 6) is -0.0232. The smallest absolute Gasteiger partial charge is 0.165 e. The van der Waals surface area contributed by atoms with Crippen LogP contribution < -0.4 is 10.5 Å². The molecule has 1 aliphatic carbocycles. The van der Waals surface area contributed by atoms with Gasteiger partial charge in [-0.2, -0.15) is 0 Å². The van der Waals surface area contributed by atoms with Gasteiger partial charge in [-0.1, -0.05) is 6.07 Å². The van der Waals surface area contributed by atoms with Gasteiger partial charge in [0.1, 0.15) is 0 Å². The van der Waals surface area contributed by atoms with Crippen molar-refractivity contribution >= 4 is 0 Å². The van der Waals surface area contributed by atoms with E-state index in [0.29, 0.717) is 0 Å². The van der Waals surface area contributed by atoms with Gasteiger partial charge in [-0.15, -0.1) is 0 Å². The Morgan fingerprint density at radius 3 is 2.38 bits per heavy atom. The maximum Gasteiger partial charge on any atom is 0.165 e. The Kier molecular flexibility index (Phi) is 2.46. The van der Waals surface area contributed by atoms with Crippen molar-refractivity contribution in [2.24, 2.45) is 5.73 Å². The largest absolute Gasteiger partial charge is 0.494 e. The highest BCUT2D eigenvalue weighted by molar-refractivity contribution is 5.40. The molecule has 1 saturated carbocycles. The van der Waals surface area contributed by atoms with E-state index in [2.05, 4.69) is 0 Å². The van der Waals surface area contributed by atoms with Crippen LogP contribution in [0.4, 0.5) is 4.39 Å². The summed E-state index contributed by atoms with van der Waals surface area (Å²) in [5.41, 5.74) is 6.79. The van der Waals surface area contributed by atoms with Crippen LogP contribution in [0.2, 0.25) is 0 Å². The average Bonchev–Trinajstić information content (AvgIpc) is 2.97. The lowest BCUT2D eigenvalue weighted by atomic mass is 9.79. The van der Waals surface area contributed by atoms with Gasteiger partial charge >= 0.3 is 0 Å². The van der Waals surface area contributed by atoms with E-state index in [1.165, 1.54) is 7.11 Å². The van der Waals surface area contributed by atoms with E-state index in [1.54, 1.807) is 12.1 Å². The second kappa shape index (κ2) is 3.45. The summed E-state index contributed by atoms with van der Waals surface area (Å²) in [5, 5.41) is 0. The first-order valence-corrected chi connectivity index (χ1v) is 5.54. The molecule has 0 spiro atoms. The van der Waals surface area contributed by atoms with Crippen molar-refractivity contribution in [3.8, 4) is 5.75 Å². The maximum absolute atomic E-state index is 13.6. The normalized spacial score (nSPS) is 18.3. The van der Waals surface area contributed by atoms with E-state index in [-0.39, 0.29) is 22.5 Å². The number of rotatable bonds is 3. The van der Waals surface area contributed by atoms with Gasteiger partial charge in [0.25, 0.3) is 0 Å². The molecule has 0 saturated heterocycles. The van der Waals surface area contributed by atoms with E-state index < -0.39 is 0 Å². The van der Waals surface area contributed by atoms with Crippen molar-refractivity contribution in [2.45, 2.75) is 37.6 Å². The molecule has 0 heterocycles. The zero-order valence-corrected chi connectivity index (χ0v) is 10.0. The second-order valence-electron chi connectivity index (χ2n) is 5.15. The number of hydrogen-bond acceptors (Lipinski definition) is 2. The molecular weight excluding hydrogens is 205 g/mol. The number of ether oxygens (including phenoxy) is 1. The lowest BCUT2D eigenvalue weighted by Crippen LogP contribution is -2.45. The predicted molar refractivity (Wildman–Crippen MR) is 62.1 cm³/mol. The predicted octanol–water partition coefficient (Wildman–Crippen LogP) is 2.60. The molecule has 1 aliphatic rings. The fourth-order valence-corrected chi connectivity index (χ4v) is 2.39. The van der Waals surface area contributed by atoms with Gasteiger partial charge in [-0.3, -0.25) is 0 Å². The van der Waals surface area contributed by atoms with Crippen molar-refractivity contribution in [1.29, 1.82) is 0 Å². The third-order valence-corrected chi connectivity index (χ3v) is 3.69. The minimum absolute atomic E-state index is 0.0554. The first kappa shape index (κ1) is 11.4. The van der Waals surface area contributed by atoms with Gasteiger partial charge in [0.2, 0.25) is 0 Å². The summed E-state index contributed by atoms with van der Waals surface area (Å²) >= 11 is 0. The summed E-state index contributed by atoms with van der Waals surface area (Å²) in [6.07, 6.45) is 2.06. The van der Waals surface area contributed by atoms with E-state index in [4.69, 9.17) is 10.5 Å². The Morgan fingerprint density at radius 2 is 2.00 bits per heavy atom. The van der Waals surface area contributed by atoms with Crippen LogP contribution in [-0.4, -0.2) is 12.6 Å². The van der Waals surface area contributed by atoms with Crippen molar-refractivity contribution in [1.82, 2.24) is 0 Å². The quantitative estimate of drug-likeness (QED) is 0.854. The number of nitrogens with two attached hydrogens (primary N) is 1. The Labute approximate surface area is 95.6 Å². The summed E-state index contributed by atoms with van der Waals surface area (Å²) in [4.78, 5) is 0.